The van der Waals surface area contributed by atoms with E-state index in [2.05, 4.69) is 50.4 Å². The van der Waals surface area contributed by atoms with Gasteiger partial charge in [0.2, 0.25) is 0 Å². The summed E-state index contributed by atoms with van der Waals surface area (Å²) in [4.78, 5) is 0. The van der Waals surface area contributed by atoms with Crippen molar-refractivity contribution in [1.82, 2.24) is 0 Å². The van der Waals surface area contributed by atoms with Crippen LogP contribution >= 0.6 is 0 Å². The van der Waals surface area contributed by atoms with Crippen molar-refractivity contribution in [3.8, 4) is 0 Å². The maximum atomic E-state index is 3.40. The Morgan fingerprint density at radius 2 is 1.88 bits per heavy atom. The highest BCUT2D eigenvalue weighted by atomic mass is 14.9. The first-order chi connectivity index (χ1) is 8.15. The zero-order chi connectivity index (χ0) is 12.3. The molecule has 1 aliphatic carbocycles. The van der Waals surface area contributed by atoms with E-state index in [0.717, 1.165) is 12.1 Å². The zero-order valence-corrected chi connectivity index (χ0v) is 10.7. The average molecular weight is 225 g/mol. The molecule has 88 valence electrons. The highest BCUT2D eigenvalue weighted by Gasteiger charge is 2.07. The molecule has 0 atom stereocenters. The van der Waals surface area contributed by atoms with Gasteiger partial charge in [-0.05, 0) is 51.0 Å². The van der Waals surface area contributed by atoms with Crippen molar-refractivity contribution in [2.45, 2.75) is 27.2 Å². The number of allylic oxidation sites excluding steroid dienone is 6. The van der Waals surface area contributed by atoms with Crippen molar-refractivity contribution in [1.29, 1.82) is 0 Å². The van der Waals surface area contributed by atoms with Crippen LogP contribution in [0.25, 0.3) is 0 Å². The third-order valence-corrected chi connectivity index (χ3v) is 2.93. The molecule has 1 heteroatoms. The Bertz CT molecular complexity index is 490. The Morgan fingerprint density at radius 3 is 2.47 bits per heavy atom. The predicted octanol–water partition coefficient (Wildman–Crippen LogP) is 4.67. The molecule has 1 aromatic rings. The van der Waals surface area contributed by atoms with Gasteiger partial charge in [0.15, 0.2) is 0 Å². The van der Waals surface area contributed by atoms with Gasteiger partial charge < -0.3 is 5.32 Å². The topological polar surface area (TPSA) is 12.0 Å². The molecule has 0 saturated heterocycles. The fourth-order valence-corrected chi connectivity index (χ4v) is 2.14. The maximum absolute atomic E-state index is 3.40. The van der Waals surface area contributed by atoms with E-state index in [0.29, 0.717) is 0 Å². The lowest BCUT2D eigenvalue weighted by Gasteiger charge is -2.06. The van der Waals surface area contributed by atoms with Crippen LogP contribution in [0.1, 0.15) is 27.2 Å². The van der Waals surface area contributed by atoms with E-state index in [-0.39, 0.29) is 0 Å². The summed E-state index contributed by atoms with van der Waals surface area (Å²) in [6.07, 6.45) is 5.61. The van der Waals surface area contributed by atoms with Crippen LogP contribution in [0, 0.1) is 0 Å². The number of benzene rings is 1. The second-order valence-corrected chi connectivity index (χ2v) is 4.72. The van der Waals surface area contributed by atoms with Crippen LogP contribution < -0.4 is 5.32 Å². The second kappa shape index (κ2) is 5.05. The molecule has 0 spiro atoms. The number of hydrogen-bond donors (Lipinski definition) is 1. The minimum absolute atomic E-state index is 1.12. The van der Waals surface area contributed by atoms with Crippen LogP contribution in [0.2, 0.25) is 0 Å². The van der Waals surface area contributed by atoms with Gasteiger partial charge in [0.25, 0.3) is 0 Å². The molecule has 1 N–H and O–H groups in total. The summed E-state index contributed by atoms with van der Waals surface area (Å²) in [7, 11) is 0. The highest BCUT2D eigenvalue weighted by molar-refractivity contribution is 5.51. The van der Waals surface area contributed by atoms with Crippen LogP contribution in [0.3, 0.4) is 0 Å². The number of para-hydroxylation sites is 1. The van der Waals surface area contributed by atoms with E-state index in [4.69, 9.17) is 0 Å². The van der Waals surface area contributed by atoms with E-state index in [1.807, 2.05) is 18.2 Å². The third kappa shape index (κ3) is 3.10. The van der Waals surface area contributed by atoms with Crippen LogP contribution in [0.4, 0.5) is 5.69 Å². The van der Waals surface area contributed by atoms with Crippen molar-refractivity contribution < 1.29 is 0 Å². The Morgan fingerprint density at radius 1 is 1.18 bits per heavy atom. The molecular formula is C16H19N. The predicted molar refractivity (Wildman–Crippen MR) is 74.9 cm³/mol. The van der Waals surface area contributed by atoms with Gasteiger partial charge in [-0.2, -0.15) is 0 Å². The van der Waals surface area contributed by atoms with E-state index in [9.17, 15) is 0 Å². The minimum atomic E-state index is 1.12. The number of nitrogens with one attached hydrogen (secondary N) is 1. The summed E-state index contributed by atoms with van der Waals surface area (Å²) in [6, 6.07) is 10.3. The van der Waals surface area contributed by atoms with Crippen LogP contribution in [-0.2, 0) is 0 Å². The quantitative estimate of drug-likeness (QED) is 0.788. The van der Waals surface area contributed by atoms with Crippen molar-refractivity contribution in [3.05, 3.63) is 64.9 Å². The molecule has 0 aliphatic heterocycles. The minimum Gasteiger partial charge on any atom is -0.359 e. The molecule has 0 aromatic heterocycles. The van der Waals surface area contributed by atoms with Crippen molar-refractivity contribution in [2.24, 2.45) is 0 Å². The molecule has 0 radical (unpaired) electrons. The van der Waals surface area contributed by atoms with Gasteiger partial charge in [0, 0.05) is 11.4 Å². The Balaban J connectivity index is 2.11. The van der Waals surface area contributed by atoms with Crippen LogP contribution in [0.5, 0.6) is 0 Å². The molecule has 0 heterocycles. The molecule has 1 aromatic carbocycles. The van der Waals surface area contributed by atoms with E-state index in [1.54, 1.807) is 0 Å². The number of anilines is 1. The molecule has 0 fully saturated rings. The van der Waals surface area contributed by atoms with Gasteiger partial charge in [0.1, 0.15) is 0 Å². The average Bonchev–Trinajstić information content (AvgIpc) is 2.58. The Kier molecular flexibility index (Phi) is 3.48. The third-order valence-electron chi connectivity index (χ3n) is 2.93. The lowest BCUT2D eigenvalue weighted by Crippen LogP contribution is -1.95. The molecule has 0 saturated carbocycles. The van der Waals surface area contributed by atoms with Gasteiger partial charge in [-0.25, -0.2) is 0 Å². The fourth-order valence-electron chi connectivity index (χ4n) is 2.14. The molecular weight excluding hydrogens is 206 g/mol. The summed E-state index contributed by atoms with van der Waals surface area (Å²) >= 11 is 0. The summed E-state index contributed by atoms with van der Waals surface area (Å²) in [5, 5.41) is 3.40. The SMILES string of the molecule is CC1=CC(/C=C(/C)Nc2ccccc2)=C(C)C1. The summed E-state index contributed by atoms with van der Waals surface area (Å²) in [5.74, 6) is 0. The Hall–Kier alpha value is -1.76. The lowest BCUT2D eigenvalue weighted by molar-refractivity contribution is 1.14. The monoisotopic (exact) mass is 225 g/mol. The Labute approximate surface area is 104 Å². The second-order valence-electron chi connectivity index (χ2n) is 4.72. The van der Waals surface area contributed by atoms with Crippen LogP contribution in [0.15, 0.2) is 64.9 Å². The maximum Gasteiger partial charge on any atom is 0.0381 e. The first kappa shape index (κ1) is 11.7. The zero-order valence-electron chi connectivity index (χ0n) is 10.7. The normalized spacial score (nSPS) is 16.2. The first-order valence-electron chi connectivity index (χ1n) is 6.02. The van der Waals surface area contributed by atoms with Crippen molar-refractivity contribution in [3.63, 3.8) is 0 Å². The van der Waals surface area contributed by atoms with Crippen molar-refractivity contribution >= 4 is 5.69 Å². The smallest absolute Gasteiger partial charge is 0.0381 e. The standard InChI is InChI=1S/C16H19N/c1-12-9-13(2)15(10-12)11-14(3)17-16-7-5-4-6-8-16/h4-8,10-11,17H,9H2,1-3H3/b14-11-. The molecule has 1 nitrogen and oxygen atoms in total. The van der Waals surface area contributed by atoms with Gasteiger partial charge >= 0.3 is 0 Å². The van der Waals surface area contributed by atoms with Gasteiger partial charge in [-0.15, -0.1) is 0 Å². The molecule has 0 amide bonds. The van der Waals surface area contributed by atoms with Gasteiger partial charge in [0.05, 0.1) is 0 Å². The number of hydrogen-bond acceptors (Lipinski definition) is 1. The summed E-state index contributed by atoms with van der Waals surface area (Å²) in [6.45, 7) is 6.49. The van der Waals surface area contributed by atoms with Gasteiger partial charge in [-0.1, -0.05) is 35.4 Å². The fraction of sp³-hybridized carbons (Fsp3) is 0.250. The molecule has 2 rings (SSSR count). The largest absolute Gasteiger partial charge is 0.359 e. The molecule has 0 bridgehead atoms. The van der Waals surface area contributed by atoms with E-state index >= 15 is 0 Å². The van der Waals surface area contributed by atoms with Gasteiger partial charge in [-0.3, -0.25) is 0 Å². The first-order valence-corrected chi connectivity index (χ1v) is 6.02. The molecule has 17 heavy (non-hydrogen) atoms. The highest BCUT2D eigenvalue weighted by Crippen LogP contribution is 2.26. The summed E-state index contributed by atoms with van der Waals surface area (Å²) < 4.78 is 0. The van der Waals surface area contributed by atoms with E-state index in [1.165, 1.54) is 22.4 Å². The molecule has 1 aliphatic rings. The summed E-state index contributed by atoms with van der Waals surface area (Å²) in [5.41, 5.74) is 6.57. The molecule has 0 unspecified atom stereocenters. The number of rotatable bonds is 3. The van der Waals surface area contributed by atoms with Crippen molar-refractivity contribution in [2.75, 3.05) is 5.32 Å². The lowest BCUT2D eigenvalue weighted by atomic mass is 10.1. The van der Waals surface area contributed by atoms with E-state index < -0.39 is 0 Å². The van der Waals surface area contributed by atoms with Crippen LogP contribution in [-0.4, -0.2) is 0 Å².